The summed E-state index contributed by atoms with van der Waals surface area (Å²) in [5, 5.41) is 3.50. The first-order valence-corrected chi connectivity index (χ1v) is 5.97. The molecule has 0 aliphatic carbocycles. The zero-order valence-electron chi connectivity index (χ0n) is 8.12. The van der Waals surface area contributed by atoms with Gasteiger partial charge in [0.05, 0.1) is 6.54 Å². The van der Waals surface area contributed by atoms with Gasteiger partial charge in [-0.1, -0.05) is 31.5 Å². The molecule has 0 radical (unpaired) electrons. The van der Waals surface area contributed by atoms with Gasteiger partial charge in [0.2, 0.25) is 0 Å². The van der Waals surface area contributed by atoms with E-state index < -0.39 is 0 Å². The summed E-state index contributed by atoms with van der Waals surface area (Å²) in [4.78, 5) is 6.80. The third-order valence-electron chi connectivity index (χ3n) is 2.49. The van der Waals surface area contributed by atoms with Crippen molar-refractivity contribution in [2.75, 3.05) is 13.1 Å². The van der Waals surface area contributed by atoms with Crippen LogP contribution in [-0.2, 0) is 0 Å². The van der Waals surface area contributed by atoms with Gasteiger partial charge in [-0.25, -0.2) is 0 Å². The highest BCUT2D eigenvalue weighted by Crippen LogP contribution is 2.31. The van der Waals surface area contributed by atoms with E-state index in [0.717, 1.165) is 13.1 Å². The molecule has 0 saturated heterocycles. The molecule has 0 spiro atoms. The first-order valence-electron chi connectivity index (χ1n) is 5.09. The Morgan fingerprint density at radius 3 is 3.31 bits per heavy atom. The minimum atomic E-state index is 0.994. The monoisotopic (exact) mass is 196 g/mol. The van der Waals surface area contributed by atoms with E-state index in [-0.39, 0.29) is 0 Å². The second-order valence-electron chi connectivity index (χ2n) is 3.50. The van der Waals surface area contributed by atoms with Gasteiger partial charge in [-0.05, 0) is 18.2 Å². The molecule has 0 amide bonds. The molecule has 0 aromatic carbocycles. The third-order valence-corrected chi connectivity index (χ3v) is 3.44. The smallest absolute Gasteiger partial charge is 0.167 e. The largest absolute Gasteiger partial charge is 0.322 e. The zero-order chi connectivity index (χ0) is 9.10. The van der Waals surface area contributed by atoms with Crippen LogP contribution in [0.3, 0.4) is 0 Å². The van der Waals surface area contributed by atoms with Gasteiger partial charge in [0, 0.05) is 12.2 Å². The molecule has 0 N–H and O–H groups in total. The second-order valence-corrected chi connectivity index (χ2v) is 4.34. The van der Waals surface area contributed by atoms with E-state index in [1.54, 1.807) is 11.8 Å². The van der Waals surface area contributed by atoms with Crippen LogP contribution in [-0.4, -0.2) is 23.2 Å². The van der Waals surface area contributed by atoms with Crippen LogP contribution in [0.15, 0.2) is 16.1 Å². The lowest BCUT2D eigenvalue weighted by atomic mass is 10.1. The van der Waals surface area contributed by atoms with E-state index in [2.05, 4.69) is 22.2 Å². The van der Waals surface area contributed by atoms with Gasteiger partial charge in [-0.2, -0.15) is 0 Å². The normalized spacial score (nSPS) is 20.2. The van der Waals surface area contributed by atoms with Crippen LogP contribution in [0, 0.1) is 0 Å². The molecule has 2 nitrogen and oxygen atoms in total. The Morgan fingerprint density at radius 1 is 1.54 bits per heavy atom. The number of thioether (sulfide) groups is 1. The molecule has 0 saturated carbocycles. The van der Waals surface area contributed by atoms with Gasteiger partial charge in [0.15, 0.2) is 5.17 Å². The molecule has 13 heavy (non-hydrogen) atoms. The molecule has 0 bridgehead atoms. The van der Waals surface area contributed by atoms with Crippen molar-refractivity contribution in [2.45, 2.75) is 32.6 Å². The minimum Gasteiger partial charge on any atom is -0.322 e. The summed E-state index contributed by atoms with van der Waals surface area (Å²) in [7, 11) is 0. The number of rotatable bonds is 4. The van der Waals surface area contributed by atoms with Crippen molar-refractivity contribution in [1.82, 2.24) is 4.90 Å². The number of hydrogen-bond acceptors (Lipinski definition) is 3. The Balaban J connectivity index is 1.83. The highest BCUT2D eigenvalue weighted by Gasteiger charge is 2.25. The van der Waals surface area contributed by atoms with Crippen LogP contribution in [0.25, 0.3) is 0 Å². The van der Waals surface area contributed by atoms with Crippen LogP contribution in [0.4, 0.5) is 0 Å². The van der Waals surface area contributed by atoms with Gasteiger partial charge in [0.1, 0.15) is 0 Å². The van der Waals surface area contributed by atoms with E-state index >= 15 is 0 Å². The Hall–Kier alpha value is -0.440. The number of aliphatic imine (C=N–C) groups is 1. The van der Waals surface area contributed by atoms with Crippen molar-refractivity contribution in [3.63, 3.8) is 0 Å². The molecule has 2 aliphatic rings. The fourth-order valence-electron chi connectivity index (χ4n) is 1.73. The topological polar surface area (TPSA) is 15.6 Å². The molecule has 3 heteroatoms. The summed E-state index contributed by atoms with van der Waals surface area (Å²) in [5.74, 6) is 0. The number of fused-ring (bicyclic) bond motifs is 1. The Morgan fingerprint density at radius 2 is 2.46 bits per heavy atom. The van der Waals surface area contributed by atoms with E-state index in [0.29, 0.717) is 0 Å². The molecule has 2 rings (SSSR count). The quantitative estimate of drug-likeness (QED) is 0.642. The van der Waals surface area contributed by atoms with Crippen molar-refractivity contribution in [3.05, 3.63) is 11.1 Å². The lowest BCUT2D eigenvalue weighted by Crippen LogP contribution is -2.20. The lowest BCUT2D eigenvalue weighted by Gasteiger charge is -2.15. The maximum Gasteiger partial charge on any atom is 0.167 e. The Kier molecular flexibility index (Phi) is 2.94. The summed E-state index contributed by atoms with van der Waals surface area (Å²) < 4.78 is 0. The molecule has 0 aromatic rings. The predicted molar refractivity (Wildman–Crippen MR) is 58.8 cm³/mol. The lowest BCUT2D eigenvalue weighted by molar-refractivity contribution is 0.529. The fraction of sp³-hybridized carbons (Fsp3) is 0.700. The molecule has 0 unspecified atom stereocenters. The summed E-state index contributed by atoms with van der Waals surface area (Å²) in [6.07, 6.45) is 5.22. The molecule has 0 fully saturated rings. The average Bonchev–Trinajstić information content (AvgIpc) is 2.68. The summed E-state index contributed by atoms with van der Waals surface area (Å²) in [5.41, 5.74) is 1.50. The standard InChI is InChI=1S/C10H16N2S/c1-2-3-4-5-9-8-13-10-11-6-7-12(9)10/h8H,2-7H2,1H3. The van der Waals surface area contributed by atoms with E-state index in [1.807, 2.05) is 0 Å². The van der Waals surface area contributed by atoms with Crippen molar-refractivity contribution in [1.29, 1.82) is 0 Å². The molecular formula is C10H16N2S. The van der Waals surface area contributed by atoms with Crippen molar-refractivity contribution in [3.8, 4) is 0 Å². The first-order chi connectivity index (χ1) is 6.42. The number of nitrogens with zero attached hydrogens (tertiary/aromatic N) is 2. The van der Waals surface area contributed by atoms with Crippen LogP contribution in [0.2, 0.25) is 0 Å². The van der Waals surface area contributed by atoms with E-state index in [4.69, 9.17) is 0 Å². The van der Waals surface area contributed by atoms with Gasteiger partial charge < -0.3 is 4.90 Å². The summed E-state index contributed by atoms with van der Waals surface area (Å²) in [6, 6.07) is 0. The van der Waals surface area contributed by atoms with Crippen LogP contribution in [0.1, 0.15) is 32.6 Å². The van der Waals surface area contributed by atoms with Crippen molar-refractivity contribution in [2.24, 2.45) is 4.99 Å². The third kappa shape index (κ3) is 1.90. The van der Waals surface area contributed by atoms with E-state index in [1.165, 1.54) is 36.5 Å². The second kappa shape index (κ2) is 4.18. The number of amidine groups is 1. The molecule has 0 atom stereocenters. The SMILES string of the molecule is CCCCCC1=CSC2=NCCN12. The summed E-state index contributed by atoms with van der Waals surface area (Å²) >= 11 is 1.79. The van der Waals surface area contributed by atoms with Crippen LogP contribution < -0.4 is 0 Å². The number of hydrogen-bond donors (Lipinski definition) is 0. The maximum atomic E-state index is 4.43. The maximum absolute atomic E-state index is 4.43. The number of allylic oxidation sites excluding steroid dienone is 1. The molecular weight excluding hydrogens is 180 g/mol. The molecule has 0 aromatic heterocycles. The summed E-state index contributed by atoms with van der Waals surface area (Å²) in [6.45, 7) is 4.36. The van der Waals surface area contributed by atoms with Gasteiger partial charge >= 0.3 is 0 Å². The molecule has 2 aliphatic heterocycles. The van der Waals surface area contributed by atoms with E-state index in [9.17, 15) is 0 Å². The van der Waals surface area contributed by atoms with Crippen LogP contribution >= 0.6 is 11.8 Å². The first kappa shape index (κ1) is 9.13. The molecule has 2 heterocycles. The van der Waals surface area contributed by atoms with Gasteiger partial charge in [-0.15, -0.1) is 0 Å². The molecule has 72 valence electrons. The van der Waals surface area contributed by atoms with Crippen LogP contribution in [0.5, 0.6) is 0 Å². The number of unbranched alkanes of at least 4 members (excludes halogenated alkanes) is 2. The highest BCUT2D eigenvalue weighted by molar-refractivity contribution is 8.16. The Bertz CT molecular complexity index is 245. The average molecular weight is 196 g/mol. The zero-order valence-corrected chi connectivity index (χ0v) is 8.94. The fourth-order valence-corrected chi connectivity index (χ4v) is 2.72. The predicted octanol–water partition coefficient (Wildman–Crippen LogP) is 2.83. The Labute approximate surface area is 84.1 Å². The highest BCUT2D eigenvalue weighted by atomic mass is 32.2. The van der Waals surface area contributed by atoms with Crippen molar-refractivity contribution < 1.29 is 0 Å². The van der Waals surface area contributed by atoms with Gasteiger partial charge in [0.25, 0.3) is 0 Å². The van der Waals surface area contributed by atoms with Gasteiger partial charge in [-0.3, -0.25) is 4.99 Å². The van der Waals surface area contributed by atoms with Crippen molar-refractivity contribution >= 4 is 16.9 Å². The minimum absolute atomic E-state index is 0.994.